The smallest absolute Gasteiger partial charge is 0.407 e. The minimum absolute atomic E-state index is 0.208. The predicted molar refractivity (Wildman–Crippen MR) is 85.6 cm³/mol. The summed E-state index contributed by atoms with van der Waals surface area (Å²) in [5.74, 6) is 0.254. The van der Waals surface area contributed by atoms with Crippen molar-refractivity contribution in [1.82, 2.24) is 5.32 Å². The lowest BCUT2D eigenvalue weighted by Gasteiger charge is -2.33. The minimum atomic E-state index is -0.462. The van der Waals surface area contributed by atoms with Crippen LogP contribution in [0.15, 0.2) is 24.3 Å². The standard InChI is InChI=1S/C17H25FN2O2/c1-17(2,3)22-16(21)19-12-13-8-10-20(11-9-13)15-6-4-14(18)5-7-15/h4-7,13H,8-12H2,1-3H3,(H,19,21). The van der Waals surface area contributed by atoms with Crippen LogP contribution in [0.2, 0.25) is 0 Å². The molecule has 0 spiro atoms. The van der Waals surface area contributed by atoms with Crippen molar-refractivity contribution >= 4 is 11.8 Å². The van der Waals surface area contributed by atoms with Gasteiger partial charge in [-0.1, -0.05) is 0 Å². The fraction of sp³-hybridized carbons (Fsp3) is 0.588. The van der Waals surface area contributed by atoms with Gasteiger partial charge in [0.25, 0.3) is 0 Å². The van der Waals surface area contributed by atoms with Gasteiger partial charge in [0, 0.05) is 25.3 Å². The van der Waals surface area contributed by atoms with Gasteiger partial charge in [-0.2, -0.15) is 0 Å². The number of amides is 1. The van der Waals surface area contributed by atoms with Gasteiger partial charge in [0.2, 0.25) is 0 Å². The third-order valence-electron chi connectivity index (χ3n) is 3.74. The molecule has 22 heavy (non-hydrogen) atoms. The fourth-order valence-corrected chi connectivity index (χ4v) is 2.59. The quantitative estimate of drug-likeness (QED) is 0.928. The van der Waals surface area contributed by atoms with E-state index in [0.29, 0.717) is 12.5 Å². The molecule has 0 saturated carbocycles. The molecule has 1 heterocycles. The van der Waals surface area contributed by atoms with Crippen LogP contribution in [0.1, 0.15) is 33.6 Å². The zero-order chi connectivity index (χ0) is 16.2. The van der Waals surface area contributed by atoms with Gasteiger partial charge in [0.15, 0.2) is 0 Å². The maximum atomic E-state index is 12.9. The molecule has 5 heteroatoms. The average molecular weight is 308 g/mol. The summed E-state index contributed by atoms with van der Waals surface area (Å²) >= 11 is 0. The molecule has 1 N–H and O–H groups in total. The van der Waals surface area contributed by atoms with Gasteiger partial charge in [0.05, 0.1) is 0 Å². The van der Waals surface area contributed by atoms with Crippen LogP contribution in [-0.2, 0) is 4.74 Å². The number of piperidine rings is 1. The summed E-state index contributed by atoms with van der Waals surface area (Å²) in [6.45, 7) is 8.06. The molecule has 1 fully saturated rings. The van der Waals surface area contributed by atoms with E-state index in [4.69, 9.17) is 4.74 Å². The van der Waals surface area contributed by atoms with E-state index >= 15 is 0 Å². The summed E-state index contributed by atoms with van der Waals surface area (Å²) in [6, 6.07) is 6.61. The Labute approximate surface area is 131 Å². The van der Waals surface area contributed by atoms with Crippen LogP contribution in [0, 0.1) is 11.7 Å². The first-order chi connectivity index (χ1) is 10.3. The van der Waals surface area contributed by atoms with E-state index in [9.17, 15) is 9.18 Å². The number of benzene rings is 1. The Morgan fingerprint density at radius 1 is 1.27 bits per heavy atom. The van der Waals surface area contributed by atoms with Crippen LogP contribution in [0.5, 0.6) is 0 Å². The lowest BCUT2D eigenvalue weighted by Crippen LogP contribution is -2.40. The Morgan fingerprint density at radius 3 is 2.41 bits per heavy atom. The number of carbonyl (C=O) groups is 1. The van der Waals surface area contributed by atoms with Crippen molar-refractivity contribution in [2.75, 3.05) is 24.5 Å². The molecular weight excluding hydrogens is 283 g/mol. The number of alkyl carbamates (subject to hydrolysis) is 1. The Morgan fingerprint density at radius 2 is 1.86 bits per heavy atom. The second-order valence-corrected chi connectivity index (χ2v) is 6.79. The van der Waals surface area contributed by atoms with Crippen molar-refractivity contribution < 1.29 is 13.9 Å². The highest BCUT2D eigenvalue weighted by molar-refractivity contribution is 5.67. The molecule has 122 valence electrons. The number of rotatable bonds is 3. The monoisotopic (exact) mass is 308 g/mol. The Balaban J connectivity index is 1.73. The average Bonchev–Trinajstić information content (AvgIpc) is 2.45. The molecule has 0 bridgehead atoms. The molecule has 4 nitrogen and oxygen atoms in total. The van der Waals surface area contributed by atoms with Crippen LogP contribution >= 0.6 is 0 Å². The van der Waals surface area contributed by atoms with E-state index in [-0.39, 0.29) is 11.9 Å². The van der Waals surface area contributed by atoms with Crippen molar-refractivity contribution in [3.63, 3.8) is 0 Å². The van der Waals surface area contributed by atoms with Crippen LogP contribution in [-0.4, -0.2) is 31.3 Å². The number of anilines is 1. The van der Waals surface area contributed by atoms with Crippen molar-refractivity contribution in [3.8, 4) is 0 Å². The zero-order valence-electron chi connectivity index (χ0n) is 13.6. The largest absolute Gasteiger partial charge is 0.444 e. The molecule has 1 saturated heterocycles. The first-order valence-electron chi connectivity index (χ1n) is 7.81. The molecule has 0 aliphatic carbocycles. The molecule has 0 radical (unpaired) electrons. The summed E-state index contributed by atoms with van der Waals surface area (Å²) in [5.41, 5.74) is 0.593. The number of carbonyl (C=O) groups excluding carboxylic acids is 1. The van der Waals surface area contributed by atoms with E-state index in [1.807, 2.05) is 32.9 Å². The third-order valence-corrected chi connectivity index (χ3v) is 3.74. The topological polar surface area (TPSA) is 41.6 Å². The lowest BCUT2D eigenvalue weighted by atomic mass is 9.96. The Hall–Kier alpha value is -1.78. The second-order valence-electron chi connectivity index (χ2n) is 6.79. The zero-order valence-corrected chi connectivity index (χ0v) is 13.6. The van der Waals surface area contributed by atoms with Crippen molar-refractivity contribution in [2.45, 2.75) is 39.2 Å². The van der Waals surface area contributed by atoms with Crippen LogP contribution in [0.25, 0.3) is 0 Å². The first-order valence-corrected chi connectivity index (χ1v) is 7.81. The number of hydrogen-bond donors (Lipinski definition) is 1. The molecular formula is C17H25FN2O2. The maximum Gasteiger partial charge on any atom is 0.407 e. The summed E-state index contributed by atoms with van der Waals surface area (Å²) in [6.07, 6.45) is 1.66. The molecule has 1 aromatic rings. The van der Waals surface area contributed by atoms with E-state index < -0.39 is 5.60 Å². The Bertz CT molecular complexity index is 488. The minimum Gasteiger partial charge on any atom is -0.444 e. The number of ether oxygens (including phenoxy) is 1. The number of halogens is 1. The van der Waals surface area contributed by atoms with Gasteiger partial charge in [-0.05, 0) is 63.8 Å². The van der Waals surface area contributed by atoms with Gasteiger partial charge in [-0.3, -0.25) is 0 Å². The number of nitrogens with one attached hydrogen (secondary N) is 1. The number of nitrogens with zero attached hydrogens (tertiary/aromatic N) is 1. The second kappa shape index (κ2) is 6.99. The normalized spacial score (nSPS) is 16.5. The van der Waals surface area contributed by atoms with E-state index in [0.717, 1.165) is 31.6 Å². The highest BCUT2D eigenvalue weighted by atomic mass is 19.1. The molecule has 0 aromatic heterocycles. The Kier molecular flexibility index (Phi) is 5.27. The molecule has 1 amide bonds. The van der Waals surface area contributed by atoms with E-state index in [1.54, 1.807) is 0 Å². The summed E-state index contributed by atoms with van der Waals surface area (Å²) in [7, 11) is 0. The summed E-state index contributed by atoms with van der Waals surface area (Å²) in [4.78, 5) is 13.9. The van der Waals surface area contributed by atoms with Gasteiger partial charge in [0.1, 0.15) is 11.4 Å². The van der Waals surface area contributed by atoms with Gasteiger partial charge >= 0.3 is 6.09 Å². The highest BCUT2D eigenvalue weighted by Gasteiger charge is 2.21. The van der Waals surface area contributed by atoms with Crippen molar-refractivity contribution in [1.29, 1.82) is 0 Å². The molecule has 2 rings (SSSR count). The fourth-order valence-electron chi connectivity index (χ4n) is 2.59. The van der Waals surface area contributed by atoms with Crippen molar-refractivity contribution in [3.05, 3.63) is 30.1 Å². The van der Waals surface area contributed by atoms with Gasteiger partial charge in [-0.25, -0.2) is 9.18 Å². The maximum absolute atomic E-state index is 12.9. The van der Waals surface area contributed by atoms with Gasteiger partial charge in [-0.15, -0.1) is 0 Å². The predicted octanol–water partition coefficient (Wildman–Crippen LogP) is 3.57. The van der Waals surface area contributed by atoms with Crippen LogP contribution in [0.4, 0.5) is 14.9 Å². The van der Waals surface area contributed by atoms with E-state index in [1.165, 1.54) is 12.1 Å². The molecule has 1 aliphatic heterocycles. The molecule has 1 aromatic carbocycles. The summed E-state index contributed by atoms with van der Waals surface area (Å²) < 4.78 is 18.2. The molecule has 1 aliphatic rings. The van der Waals surface area contributed by atoms with Crippen molar-refractivity contribution in [2.24, 2.45) is 5.92 Å². The van der Waals surface area contributed by atoms with E-state index in [2.05, 4.69) is 10.2 Å². The molecule has 0 unspecified atom stereocenters. The van der Waals surface area contributed by atoms with Crippen LogP contribution in [0.3, 0.4) is 0 Å². The SMILES string of the molecule is CC(C)(C)OC(=O)NCC1CCN(c2ccc(F)cc2)CC1. The third kappa shape index (κ3) is 5.20. The first kappa shape index (κ1) is 16.6. The number of hydrogen-bond acceptors (Lipinski definition) is 3. The summed E-state index contributed by atoms with van der Waals surface area (Å²) in [5, 5.41) is 2.84. The van der Waals surface area contributed by atoms with Crippen LogP contribution < -0.4 is 10.2 Å². The van der Waals surface area contributed by atoms with Gasteiger partial charge < -0.3 is 15.0 Å². The molecule has 0 atom stereocenters. The lowest BCUT2D eigenvalue weighted by molar-refractivity contribution is 0.0517. The highest BCUT2D eigenvalue weighted by Crippen LogP contribution is 2.23.